The van der Waals surface area contributed by atoms with Gasteiger partial charge in [-0.2, -0.15) is 0 Å². The summed E-state index contributed by atoms with van der Waals surface area (Å²) in [4.78, 5) is 0. The summed E-state index contributed by atoms with van der Waals surface area (Å²) in [5, 5.41) is 0. The molecule has 0 aromatic heterocycles. The number of benzene rings is 2. The lowest BCUT2D eigenvalue weighted by Crippen LogP contribution is -2.18. The Labute approximate surface area is 173 Å². The minimum atomic E-state index is -1.65. The van der Waals surface area contributed by atoms with Gasteiger partial charge in [0.05, 0.1) is 5.56 Å². The van der Waals surface area contributed by atoms with Crippen molar-refractivity contribution < 1.29 is 22.0 Å². The lowest BCUT2D eigenvalue weighted by molar-refractivity contribution is 0.283. The summed E-state index contributed by atoms with van der Waals surface area (Å²) in [7, 11) is 0. The predicted molar refractivity (Wildman–Crippen MR) is 108 cm³/mol. The van der Waals surface area contributed by atoms with Crippen LogP contribution in [0.5, 0.6) is 0 Å². The molecule has 0 amide bonds. The highest BCUT2D eigenvalue weighted by Crippen LogP contribution is 2.41. The topological polar surface area (TPSA) is 0 Å². The first-order valence-electron chi connectivity index (χ1n) is 10.7. The molecule has 5 heteroatoms. The third-order valence-electron chi connectivity index (χ3n) is 6.70. The summed E-state index contributed by atoms with van der Waals surface area (Å²) in [6, 6.07) is 2.49. The fourth-order valence-electron chi connectivity index (χ4n) is 5.12. The van der Waals surface area contributed by atoms with Gasteiger partial charge in [0, 0.05) is 0 Å². The van der Waals surface area contributed by atoms with Crippen LogP contribution in [0.2, 0.25) is 0 Å². The van der Waals surface area contributed by atoms with E-state index >= 15 is 4.39 Å². The second-order valence-electron chi connectivity index (χ2n) is 8.59. The Bertz CT molecular complexity index is 961. The van der Waals surface area contributed by atoms with Gasteiger partial charge in [-0.25, -0.2) is 22.0 Å². The van der Waals surface area contributed by atoms with Crippen LogP contribution in [0.15, 0.2) is 23.8 Å². The lowest BCUT2D eigenvalue weighted by Gasteiger charge is -2.32. The molecule has 1 saturated carbocycles. The van der Waals surface area contributed by atoms with Gasteiger partial charge in [0.15, 0.2) is 17.5 Å². The first-order valence-corrected chi connectivity index (χ1v) is 10.7. The summed E-state index contributed by atoms with van der Waals surface area (Å²) in [5.74, 6) is -5.07. The van der Waals surface area contributed by atoms with E-state index in [0.717, 1.165) is 18.8 Å². The van der Waals surface area contributed by atoms with Crippen molar-refractivity contribution in [1.29, 1.82) is 0 Å². The molecule has 0 unspecified atom stereocenters. The fourth-order valence-corrected chi connectivity index (χ4v) is 5.12. The Morgan fingerprint density at radius 2 is 1.47 bits per heavy atom. The first-order chi connectivity index (χ1) is 14.4. The molecule has 160 valence electrons. The van der Waals surface area contributed by atoms with E-state index in [2.05, 4.69) is 6.92 Å². The van der Waals surface area contributed by atoms with Crippen LogP contribution in [0.1, 0.15) is 63.0 Å². The highest BCUT2D eigenvalue weighted by atomic mass is 19.2. The zero-order chi connectivity index (χ0) is 21.4. The van der Waals surface area contributed by atoms with Gasteiger partial charge in [-0.1, -0.05) is 31.4 Å². The second kappa shape index (κ2) is 8.52. The van der Waals surface area contributed by atoms with Gasteiger partial charge in [-0.05, 0) is 85.3 Å². The standard InChI is InChI=1S/C25H25F5/c1-2-3-14-4-6-15(7-5-14)16-8-9-19-17(10-16)11-20(26)23(24(19)29)18-12-21(27)25(30)22(28)13-18/h10-15H,2-9H2,1H3. The first kappa shape index (κ1) is 21.1. The minimum absolute atomic E-state index is 0.340. The van der Waals surface area contributed by atoms with Gasteiger partial charge in [0.2, 0.25) is 0 Å². The molecule has 0 saturated heterocycles. The molecule has 0 spiro atoms. The van der Waals surface area contributed by atoms with Crippen molar-refractivity contribution in [3.05, 3.63) is 64.0 Å². The van der Waals surface area contributed by atoms with Crippen molar-refractivity contribution in [3.63, 3.8) is 0 Å². The van der Waals surface area contributed by atoms with Crippen LogP contribution in [-0.4, -0.2) is 0 Å². The molecule has 0 radical (unpaired) electrons. The van der Waals surface area contributed by atoms with Gasteiger partial charge < -0.3 is 0 Å². The normalized spacial score (nSPS) is 21.3. The van der Waals surface area contributed by atoms with Crippen LogP contribution in [0.4, 0.5) is 22.0 Å². The zero-order valence-corrected chi connectivity index (χ0v) is 17.0. The third-order valence-corrected chi connectivity index (χ3v) is 6.70. The van der Waals surface area contributed by atoms with Crippen LogP contribution in [0, 0.1) is 40.9 Å². The van der Waals surface area contributed by atoms with Crippen molar-refractivity contribution in [2.45, 2.75) is 58.3 Å². The van der Waals surface area contributed by atoms with E-state index in [0.29, 0.717) is 42.0 Å². The molecular formula is C25H25F5. The van der Waals surface area contributed by atoms with Gasteiger partial charge in [-0.15, -0.1) is 0 Å². The predicted octanol–water partition coefficient (Wildman–Crippen LogP) is 7.99. The van der Waals surface area contributed by atoms with Crippen molar-refractivity contribution in [3.8, 4) is 11.1 Å². The Morgan fingerprint density at radius 3 is 2.10 bits per heavy atom. The molecule has 2 aromatic rings. The summed E-state index contributed by atoms with van der Waals surface area (Å²) in [6.45, 7) is 2.21. The van der Waals surface area contributed by atoms with E-state index in [1.165, 1.54) is 37.3 Å². The Kier molecular flexibility index (Phi) is 5.99. The molecule has 0 heterocycles. The van der Waals surface area contributed by atoms with Gasteiger partial charge in [0.1, 0.15) is 11.6 Å². The number of halogens is 5. The molecule has 30 heavy (non-hydrogen) atoms. The van der Waals surface area contributed by atoms with Crippen LogP contribution < -0.4 is 0 Å². The summed E-state index contributed by atoms with van der Waals surface area (Å²) in [6.07, 6.45) is 10.1. The smallest absolute Gasteiger partial charge is 0.194 e. The van der Waals surface area contributed by atoms with Crippen molar-refractivity contribution in [2.75, 3.05) is 0 Å². The molecule has 4 rings (SSSR count). The van der Waals surface area contributed by atoms with Crippen molar-refractivity contribution >= 4 is 6.08 Å². The molecule has 0 N–H and O–H groups in total. The summed E-state index contributed by atoms with van der Waals surface area (Å²) < 4.78 is 70.4. The number of hydrogen-bond donors (Lipinski definition) is 0. The number of hydrogen-bond acceptors (Lipinski definition) is 0. The van der Waals surface area contributed by atoms with Crippen molar-refractivity contribution in [2.24, 2.45) is 11.8 Å². The molecule has 2 aliphatic carbocycles. The molecular weight excluding hydrogens is 395 g/mol. The van der Waals surface area contributed by atoms with Crippen LogP contribution in [-0.2, 0) is 6.42 Å². The SMILES string of the molecule is CCCC1CCC(C2=Cc3cc(F)c(-c4cc(F)c(F)c(F)c4)c(F)c3CC2)CC1. The minimum Gasteiger partial charge on any atom is -0.206 e. The molecule has 0 aliphatic heterocycles. The summed E-state index contributed by atoms with van der Waals surface area (Å²) >= 11 is 0. The third kappa shape index (κ3) is 3.91. The van der Waals surface area contributed by atoms with E-state index in [4.69, 9.17) is 0 Å². The van der Waals surface area contributed by atoms with Crippen LogP contribution in [0.25, 0.3) is 17.2 Å². The van der Waals surface area contributed by atoms with E-state index in [1.807, 2.05) is 6.08 Å². The molecule has 0 bridgehead atoms. The van der Waals surface area contributed by atoms with E-state index in [1.54, 1.807) is 0 Å². The molecule has 1 fully saturated rings. The van der Waals surface area contributed by atoms with E-state index in [9.17, 15) is 17.6 Å². The van der Waals surface area contributed by atoms with Crippen molar-refractivity contribution in [1.82, 2.24) is 0 Å². The van der Waals surface area contributed by atoms with Gasteiger partial charge in [0.25, 0.3) is 0 Å². The Balaban J connectivity index is 1.64. The second-order valence-corrected chi connectivity index (χ2v) is 8.59. The Hall–Kier alpha value is -2.17. The maximum absolute atomic E-state index is 15.2. The number of fused-ring (bicyclic) bond motifs is 1. The maximum atomic E-state index is 15.2. The van der Waals surface area contributed by atoms with Gasteiger partial charge in [-0.3, -0.25) is 0 Å². The average Bonchev–Trinajstić information content (AvgIpc) is 2.72. The molecule has 0 nitrogen and oxygen atoms in total. The van der Waals surface area contributed by atoms with E-state index in [-0.39, 0.29) is 5.56 Å². The fraction of sp³-hybridized carbons (Fsp3) is 0.440. The largest absolute Gasteiger partial charge is 0.206 e. The number of rotatable bonds is 4. The van der Waals surface area contributed by atoms with Crippen LogP contribution in [0.3, 0.4) is 0 Å². The van der Waals surface area contributed by atoms with Crippen LogP contribution >= 0.6 is 0 Å². The monoisotopic (exact) mass is 420 g/mol. The molecule has 2 aromatic carbocycles. The average molecular weight is 420 g/mol. The molecule has 0 atom stereocenters. The number of allylic oxidation sites excluding steroid dienone is 1. The quantitative estimate of drug-likeness (QED) is 0.347. The van der Waals surface area contributed by atoms with E-state index < -0.39 is 34.6 Å². The Morgan fingerprint density at radius 1 is 0.800 bits per heavy atom. The maximum Gasteiger partial charge on any atom is 0.194 e. The zero-order valence-electron chi connectivity index (χ0n) is 17.0. The van der Waals surface area contributed by atoms with Gasteiger partial charge >= 0.3 is 0 Å². The summed E-state index contributed by atoms with van der Waals surface area (Å²) in [5.41, 5.74) is 1.23. The highest BCUT2D eigenvalue weighted by Gasteiger charge is 2.28. The lowest BCUT2D eigenvalue weighted by atomic mass is 9.74. The molecule has 2 aliphatic rings. The highest BCUT2D eigenvalue weighted by molar-refractivity contribution is 5.71.